The molecule has 14 heteroatoms. The van der Waals surface area contributed by atoms with Crippen LogP contribution in [0.4, 0.5) is 0 Å². The van der Waals surface area contributed by atoms with E-state index in [4.69, 9.17) is 9.30 Å². The van der Waals surface area contributed by atoms with Gasteiger partial charge in [-0.25, -0.2) is 9.59 Å². The molecule has 330 valence electrons. The zero-order valence-electron chi connectivity index (χ0n) is 35.2. The van der Waals surface area contributed by atoms with E-state index in [9.17, 15) is 19.8 Å². The normalized spacial score (nSPS) is 9.41. The molecule has 0 aliphatic carbocycles. The van der Waals surface area contributed by atoms with Crippen LogP contribution in [0.15, 0.2) is 182 Å². The molecule has 2 N–H and O–H groups in total. The van der Waals surface area contributed by atoms with Crippen molar-refractivity contribution >= 4 is 59.6 Å². The minimum atomic E-state index is -0.891. The SMILES string of the molecule is Cc1cc(C)[n-]n1.Cc1cc(C)[n-]n1.O=C(O)c1cccc(P(c2ccccc2)c2ccccc2)c1.O=C(O)c1cccc(P(c2ccccc2)c2ccccc2)c1.[C-]#[O+].[C-]#[O+].[Rh].[Rh]. The molecule has 0 aliphatic heterocycles. The zero-order valence-corrected chi connectivity index (χ0v) is 40.3. The van der Waals surface area contributed by atoms with Gasteiger partial charge in [0.05, 0.1) is 11.1 Å². The van der Waals surface area contributed by atoms with Crippen LogP contribution in [-0.2, 0) is 48.3 Å². The van der Waals surface area contributed by atoms with Crippen molar-refractivity contribution in [1.82, 2.24) is 20.4 Å². The molecule has 6 aromatic carbocycles. The van der Waals surface area contributed by atoms with E-state index >= 15 is 0 Å². The quantitative estimate of drug-likeness (QED) is 0.0682. The number of aromatic carboxylic acids is 2. The van der Waals surface area contributed by atoms with Gasteiger partial charge in [-0.1, -0.05) is 172 Å². The van der Waals surface area contributed by atoms with Crippen LogP contribution in [0.5, 0.6) is 0 Å². The molecule has 0 unspecified atom stereocenters. The second kappa shape index (κ2) is 31.2. The number of benzene rings is 6. The first-order chi connectivity index (χ1) is 30.1. The number of nitrogens with zero attached hydrogens (tertiary/aromatic N) is 4. The summed E-state index contributed by atoms with van der Waals surface area (Å²) in [5, 5.41) is 40.5. The fraction of sp³-hybridized carbons (Fsp3) is 0.0800. The Labute approximate surface area is 402 Å². The standard InChI is InChI=1S/2C19H15O2P.2C5H7N2.2CO.2Rh/c2*20-19(21)15-8-7-13-18(14-15)22(16-9-3-1-4-10-16)17-11-5-2-6-12-17;2*1-4-3-5(2)7-6-4;2*1-2;;/h2*1-14H,(H,20,21);2*3H,1-2H3;;;;/q;;2*-1;;;;. The summed E-state index contributed by atoms with van der Waals surface area (Å²) in [6.45, 7) is 16.7. The fourth-order valence-electron chi connectivity index (χ4n) is 5.79. The van der Waals surface area contributed by atoms with Crippen LogP contribution in [0.3, 0.4) is 0 Å². The number of carbonyl (C=O) groups is 2. The summed E-state index contributed by atoms with van der Waals surface area (Å²) in [7, 11) is -1.50. The molecule has 10 nitrogen and oxygen atoms in total. The van der Waals surface area contributed by atoms with E-state index in [1.54, 1.807) is 24.3 Å². The van der Waals surface area contributed by atoms with E-state index in [1.165, 1.54) is 21.2 Å². The van der Waals surface area contributed by atoms with Gasteiger partial charge in [-0.15, -0.1) is 11.4 Å². The number of aryl methyl sites for hydroxylation is 4. The first-order valence-corrected chi connectivity index (χ1v) is 21.5. The van der Waals surface area contributed by atoms with E-state index in [-0.39, 0.29) is 39.0 Å². The van der Waals surface area contributed by atoms with Crippen LogP contribution in [0.25, 0.3) is 0 Å². The average Bonchev–Trinajstić information content (AvgIpc) is 3.90. The molecule has 0 spiro atoms. The van der Waals surface area contributed by atoms with Crippen molar-refractivity contribution in [3.05, 3.63) is 229 Å². The predicted octanol–water partition coefficient (Wildman–Crippen LogP) is 7.52. The molecule has 0 bridgehead atoms. The van der Waals surface area contributed by atoms with Crippen molar-refractivity contribution in [3.63, 3.8) is 0 Å². The second-order valence-electron chi connectivity index (χ2n) is 13.0. The Kier molecular flexibility index (Phi) is 27.4. The molecule has 2 heterocycles. The van der Waals surface area contributed by atoms with Gasteiger partial charge < -0.3 is 30.6 Å². The molecule has 8 rings (SSSR count). The summed E-state index contributed by atoms with van der Waals surface area (Å²) in [6.07, 6.45) is 0. The number of carboxylic acid groups (broad SMARTS) is 2. The smallest absolute Gasteiger partial charge is 0 e. The third-order valence-electron chi connectivity index (χ3n) is 8.33. The van der Waals surface area contributed by atoms with Crippen LogP contribution in [0, 0.1) is 41.0 Å². The van der Waals surface area contributed by atoms with Gasteiger partial charge in [0.25, 0.3) is 0 Å². The molecule has 8 aromatic rings. The van der Waals surface area contributed by atoms with Crippen molar-refractivity contribution in [2.45, 2.75) is 27.7 Å². The van der Waals surface area contributed by atoms with Gasteiger partial charge >= 0.3 is 34.5 Å². The van der Waals surface area contributed by atoms with E-state index in [1.807, 2.05) is 137 Å². The van der Waals surface area contributed by atoms with Crippen molar-refractivity contribution in [2.75, 3.05) is 0 Å². The number of rotatable bonds is 8. The summed E-state index contributed by atoms with van der Waals surface area (Å²) < 4.78 is 15.0. The van der Waals surface area contributed by atoms with Crippen LogP contribution in [0.1, 0.15) is 43.5 Å². The largest absolute Gasteiger partial charge is 0 e. The second-order valence-corrected chi connectivity index (χ2v) is 17.4. The van der Waals surface area contributed by atoms with Gasteiger partial charge in [0.2, 0.25) is 0 Å². The van der Waals surface area contributed by atoms with E-state index in [0.29, 0.717) is 11.1 Å². The van der Waals surface area contributed by atoms with Gasteiger partial charge in [-0.2, -0.15) is 0 Å². The molecule has 0 fully saturated rings. The van der Waals surface area contributed by atoms with Crippen molar-refractivity contribution in [1.29, 1.82) is 0 Å². The summed E-state index contributed by atoms with van der Waals surface area (Å²) in [4.78, 5) is 22.5. The first kappa shape index (κ1) is 56.3. The van der Waals surface area contributed by atoms with E-state index in [2.05, 4.69) is 82.2 Å². The maximum Gasteiger partial charge on any atom is 0 e. The molecule has 0 atom stereocenters. The summed E-state index contributed by atoms with van der Waals surface area (Å²) in [5.41, 5.74) is 4.65. The van der Waals surface area contributed by atoms with Crippen molar-refractivity contribution in [2.24, 2.45) is 0 Å². The Balaban J connectivity index is 0.000000455. The van der Waals surface area contributed by atoms with Crippen molar-refractivity contribution in [3.8, 4) is 0 Å². The monoisotopic (exact) mass is 1060 g/mol. The van der Waals surface area contributed by atoms with Crippen LogP contribution >= 0.6 is 15.8 Å². The molecular formula is C50H44N4O6P2Rh2-2. The number of hydrogen-bond donors (Lipinski definition) is 2. The van der Waals surface area contributed by atoms with Crippen molar-refractivity contribution < 1.29 is 68.1 Å². The third-order valence-corrected chi connectivity index (χ3v) is 13.2. The number of aromatic nitrogens is 4. The van der Waals surface area contributed by atoms with Gasteiger partial charge in [0.1, 0.15) is 0 Å². The van der Waals surface area contributed by atoms with Gasteiger partial charge in [-0.05, 0) is 85.8 Å². The molecule has 0 amide bonds. The van der Waals surface area contributed by atoms with Crippen LogP contribution < -0.4 is 42.0 Å². The zero-order chi connectivity index (χ0) is 45.3. The van der Waals surface area contributed by atoms with Gasteiger partial charge in [0, 0.05) is 50.3 Å². The Morgan fingerprint density at radius 1 is 0.422 bits per heavy atom. The minimum Gasteiger partial charge on any atom is 0 e. The summed E-state index contributed by atoms with van der Waals surface area (Å²) in [6, 6.07) is 59.4. The van der Waals surface area contributed by atoms with Crippen LogP contribution in [-0.4, -0.2) is 32.3 Å². The Morgan fingerprint density at radius 2 is 0.672 bits per heavy atom. The predicted molar refractivity (Wildman–Crippen MR) is 246 cm³/mol. The van der Waals surface area contributed by atoms with E-state index < -0.39 is 27.8 Å². The van der Waals surface area contributed by atoms with Gasteiger partial charge in [0.15, 0.2) is 0 Å². The van der Waals surface area contributed by atoms with Crippen LogP contribution in [0.2, 0.25) is 0 Å². The minimum absolute atomic E-state index is 0. The average molecular weight is 1060 g/mol. The molecule has 2 radical (unpaired) electrons. The number of hydrogen-bond acceptors (Lipinski definition) is 4. The molecule has 64 heavy (non-hydrogen) atoms. The molecule has 0 saturated heterocycles. The summed E-state index contributed by atoms with van der Waals surface area (Å²) >= 11 is 0. The summed E-state index contributed by atoms with van der Waals surface area (Å²) in [5.74, 6) is -1.78. The first-order valence-electron chi connectivity index (χ1n) is 18.8. The Hall–Kier alpha value is -5.73. The topological polar surface area (TPSA) is 168 Å². The maximum atomic E-state index is 11.3. The fourth-order valence-corrected chi connectivity index (χ4v) is 10.5. The molecule has 0 saturated carbocycles. The Bertz CT molecular complexity index is 2300. The van der Waals surface area contributed by atoms with Gasteiger partial charge in [-0.3, -0.25) is 0 Å². The molecular weight excluding hydrogens is 1020 g/mol. The molecule has 0 aliphatic rings. The third kappa shape index (κ3) is 18.5. The Morgan fingerprint density at radius 3 is 0.859 bits per heavy atom. The van der Waals surface area contributed by atoms with E-state index in [0.717, 1.165) is 33.4 Å². The maximum absolute atomic E-state index is 11.3. The number of carboxylic acids is 2. The molecule has 2 aromatic heterocycles.